The molecule has 0 spiro atoms. The second-order valence-corrected chi connectivity index (χ2v) is 5.31. The molecule has 0 bridgehead atoms. The monoisotopic (exact) mass is 267 g/mol. The fourth-order valence-corrected chi connectivity index (χ4v) is 2.68. The van der Waals surface area contributed by atoms with Crippen LogP contribution in [0.3, 0.4) is 0 Å². The number of aromatic nitrogens is 1. The Hall–Kier alpha value is -2.29. The zero-order valence-electron chi connectivity index (χ0n) is 11.4. The van der Waals surface area contributed by atoms with Gasteiger partial charge in [-0.2, -0.15) is 0 Å². The third-order valence-electron chi connectivity index (χ3n) is 3.89. The standard InChI is InChI=1S/C17H17NO2/c1-11(6-9-17(19)20)12-7-8-16-14(10-12)13-4-2-3-5-15(13)18-16/h2-5,7-8,10-11,18H,6,9H2,1H3,(H,19,20). The molecule has 3 nitrogen and oxygen atoms in total. The average Bonchev–Trinajstić information content (AvgIpc) is 2.82. The van der Waals surface area contributed by atoms with E-state index in [0.29, 0.717) is 6.42 Å². The van der Waals surface area contributed by atoms with E-state index in [4.69, 9.17) is 5.11 Å². The maximum Gasteiger partial charge on any atom is 0.303 e. The van der Waals surface area contributed by atoms with Gasteiger partial charge >= 0.3 is 5.97 Å². The maximum absolute atomic E-state index is 10.7. The van der Waals surface area contributed by atoms with Gasteiger partial charge in [0.25, 0.3) is 0 Å². The second kappa shape index (κ2) is 5.00. The molecule has 1 unspecified atom stereocenters. The number of carbonyl (C=O) groups is 1. The third kappa shape index (κ3) is 2.27. The summed E-state index contributed by atoms with van der Waals surface area (Å²) < 4.78 is 0. The van der Waals surface area contributed by atoms with E-state index in [9.17, 15) is 4.79 Å². The highest BCUT2D eigenvalue weighted by atomic mass is 16.4. The van der Waals surface area contributed by atoms with Gasteiger partial charge in [0.1, 0.15) is 0 Å². The van der Waals surface area contributed by atoms with Crippen LogP contribution in [0.5, 0.6) is 0 Å². The largest absolute Gasteiger partial charge is 0.481 e. The zero-order valence-corrected chi connectivity index (χ0v) is 11.4. The first-order valence-corrected chi connectivity index (χ1v) is 6.87. The van der Waals surface area contributed by atoms with Gasteiger partial charge < -0.3 is 10.1 Å². The summed E-state index contributed by atoms with van der Waals surface area (Å²) in [6.45, 7) is 2.08. The molecule has 0 saturated carbocycles. The molecule has 3 heteroatoms. The van der Waals surface area contributed by atoms with Gasteiger partial charge in [-0.1, -0.05) is 31.2 Å². The lowest BCUT2D eigenvalue weighted by Gasteiger charge is -2.10. The van der Waals surface area contributed by atoms with E-state index < -0.39 is 5.97 Å². The Balaban J connectivity index is 2.01. The quantitative estimate of drug-likeness (QED) is 0.741. The van der Waals surface area contributed by atoms with Crippen LogP contribution in [0.2, 0.25) is 0 Å². The van der Waals surface area contributed by atoms with Crippen molar-refractivity contribution in [1.82, 2.24) is 4.98 Å². The Morgan fingerprint density at radius 3 is 2.70 bits per heavy atom. The molecule has 0 fully saturated rings. The molecule has 2 N–H and O–H groups in total. The number of aromatic amines is 1. The van der Waals surface area contributed by atoms with Gasteiger partial charge in [-0.3, -0.25) is 4.79 Å². The lowest BCUT2D eigenvalue weighted by atomic mass is 9.95. The van der Waals surface area contributed by atoms with Crippen LogP contribution in [0.4, 0.5) is 0 Å². The van der Waals surface area contributed by atoms with E-state index in [2.05, 4.69) is 42.2 Å². The van der Waals surface area contributed by atoms with Crippen LogP contribution in [0.15, 0.2) is 42.5 Å². The molecule has 1 atom stereocenters. The summed E-state index contributed by atoms with van der Waals surface area (Å²) in [7, 11) is 0. The number of carboxylic acids is 1. The smallest absolute Gasteiger partial charge is 0.303 e. The highest BCUT2D eigenvalue weighted by molar-refractivity contribution is 6.07. The Kier molecular flexibility index (Phi) is 3.18. The number of H-pyrrole nitrogens is 1. The van der Waals surface area contributed by atoms with Gasteiger partial charge in [0.15, 0.2) is 0 Å². The predicted molar refractivity (Wildman–Crippen MR) is 81.1 cm³/mol. The van der Waals surface area contributed by atoms with Crippen molar-refractivity contribution in [2.24, 2.45) is 0 Å². The van der Waals surface area contributed by atoms with Crippen LogP contribution in [0.25, 0.3) is 21.8 Å². The van der Waals surface area contributed by atoms with E-state index in [1.807, 2.05) is 12.1 Å². The lowest BCUT2D eigenvalue weighted by molar-refractivity contribution is -0.137. The number of fused-ring (bicyclic) bond motifs is 3. The van der Waals surface area contributed by atoms with Crippen molar-refractivity contribution < 1.29 is 9.90 Å². The molecule has 20 heavy (non-hydrogen) atoms. The Bertz CT molecular complexity index is 773. The minimum Gasteiger partial charge on any atom is -0.481 e. The maximum atomic E-state index is 10.7. The first kappa shape index (κ1) is 12.7. The second-order valence-electron chi connectivity index (χ2n) is 5.31. The van der Waals surface area contributed by atoms with Crippen molar-refractivity contribution in [3.63, 3.8) is 0 Å². The molecule has 0 saturated heterocycles. The van der Waals surface area contributed by atoms with E-state index in [1.165, 1.54) is 16.3 Å². The van der Waals surface area contributed by atoms with Gasteiger partial charge in [-0.15, -0.1) is 0 Å². The third-order valence-corrected chi connectivity index (χ3v) is 3.89. The molecule has 0 aliphatic rings. The van der Waals surface area contributed by atoms with Crippen molar-refractivity contribution in [3.8, 4) is 0 Å². The summed E-state index contributed by atoms with van der Waals surface area (Å²) in [4.78, 5) is 14.1. The van der Waals surface area contributed by atoms with E-state index in [-0.39, 0.29) is 12.3 Å². The summed E-state index contributed by atoms with van der Waals surface area (Å²) in [6, 6.07) is 14.6. The van der Waals surface area contributed by atoms with Gasteiger partial charge in [0, 0.05) is 28.2 Å². The molecular weight excluding hydrogens is 250 g/mol. The normalized spacial score (nSPS) is 12.8. The first-order chi connectivity index (χ1) is 9.65. The zero-order chi connectivity index (χ0) is 14.1. The number of para-hydroxylation sites is 1. The van der Waals surface area contributed by atoms with Gasteiger partial charge in [0.2, 0.25) is 0 Å². The van der Waals surface area contributed by atoms with E-state index >= 15 is 0 Å². The fourth-order valence-electron chi connectivity index (χ4n) is 2.68. The van der Waals surface area contributed by atoms with Crippen molar-refractivity contribution in [2.75, 3.05) is 0 Å². The molecular formula is C17H17NO2. The van der Waals surface area contributed by atoms with Gasteiger partial charge in [-0.25, -0.2) is 0 Å². The highest BCUT2D eigenvalue weighted by Crippen LogP contribution is 2.29. The van der Waals surface area contributed by atoms with E-state index in [0.717, 1.165) is 11.0 Å². The van der Waals surface area contributed by atoms with Crippen molar-refractivity contribution in [1.29, 1.82) is 0 Å². The topological polar surface area (TPSA) is 53.1 Å². The molecule has 3 rings (SSSR count). The number of carboxylic acid groups (broad SMARTS) is 1. The van der Waals surface area contributed by atoms with Crippen LogP contribution in [-0.4, -0.2) is 16.1 Å². The SMILES string of the molecule is CC(CCC(=O)O)c1ccc2[nH]c3ccccc3c2c1. The van der Waals surface area contributed by atoms with Crippen LogP contribution >= 0.6 is 0 Å². The molecule has 102 valence electrons. The number of hydrogen-bond acceptors (Lipinski definition) is 1. The highest BCUT2D eigenvalue weighted by Gasteiger charge is 2.10. The Morgan fingerprint density at radius 2 is 1.90 bits per heavy atom. The minimum absolute atomic E-state index is 0.215. The Morgan fingerprint density at radius 1 is 1.15 bits per heavy atom. The van der Waals surface area contributed by atoms with E-state index in [1.54, 1.807) is 0 Å². The number of rotatable bonds is 4. The van der Waals surface area contributed by atoms with Gasteiger partial charge in [0.05, 0.1) is 0 Å². The number of nitrogens with one attached hydrogen (secondary N) is 1. The van der Waals surface area contributed by atoms with Crippen LogP contribution < -0.4 is 0 Å². The molecule has 1 aromatic heterocycles. The minimum atomic E-state index is -0.731. The molecule has 1 heterocycles. The fraction of sp³-hybridized carbons (Fsp3) is 0.235. The van der Waals surface area contributed by atoms with Crippen molar-refractivity contribution in [2.45, 2.75) is 25.7 Å². The summed E-state index contributed by atoms with van der Waals surface area (Å²) in [5, 5.41) is 11.2. The summed E-state index contributed by atoms with van der Waals surface area (Å²) >= 11 is 0. The van der Waals surface area contributed by atoms with Crippen LogP contribution in [-0.2, 0) is 4.79 Å². The van der Waals surface area contributed by atoms with Crippen molar-refractivity contribution in [3.05, 3.63) is 48.0 Å². The molecule has 0 aliphatic heterocycles. The number of aliphatic carboxylic acids is 1. The molecule has 0 amide bonds. The summed E-state index contributed by atoms with van der Waals surface area (Å²) in [6.07, 6.45) is 0.885. The molecule has 2 aromatic carbocycles. The van der Waals surface area contributed by atoms with Crippen LogP contribution in [0.1, 0.15) is 31.2 Å². The molecule has 0 radical (unpaired) electrons. The first-order valence-electron chi connectivity index (χ1n) is 6.87. The summed E-state index contributed by atoms with van der Waals surface area (Å²) in [5.74, 6) is -0.478. The average molecular weight is 267 g/mol. The lowest BCUT2D eigenvalue weighted by Crippen LogP contribution is -1.99. The molecule has 0 aliphatic carbocycles. The summed E-state index contributed by atoms with van der Waals surface area (Å²) in [5.41, 5.74) is 3.46. The number of benzene rings is 2. The van der Waals surface area contributed by atoms with Gasteiger partial charge in [-0.05, 0) is 36.1 Å². The van der Waals surface area contributed by atoms with Crippen molar-refractivity contribution >= 4 is 27.8 Å². The number of hydrogen-bond donors (Lipinski definition) is 2. The Labute approximate surface area is 117 Å². The molecule has 3 aromatic rings. The van der Waals surface area contributed by atoms with Crippen LogP contribution in [0, 0.1) is 0 Å². The predicted octanol–water partition coefficient (Wildman–Crippen LogP) is 4.29.